The number of aryl methyl sites for hydroxylation is 1. The smallest absolute Gasteiger partial charge is 0.251 e. The van der Waals surface area contributed by atoms with Gasteiger partial charge in [-0.05, 0) is 49.7 Å². The number of piperazine rings is 1. The Kier molecular flexibility index (Phi) is 7.28. The summed E-state index contributed by atoms with van der Waals surface area (Å²) in [5.41, 5.74) is 6.75. The van der Waals surface area contributed by atoms with Crippen molar-refractivity contribution >= 4 is 40.0 Å². The number of carbonyl (C=O) groups is 1. The number of allylic oxidation sites excluding steroid dienone is 1. The maximum absolute atomic E-state index is 13.0. The molecule has 3 heterocycles. The van der Waals surface area contributed by atoms with Crippen molar-refractivity contribution in [1.29, 1.82) is 0 Å². The van der Waals surface area contributed by atoms with Crippen LogP contribution >= 0.6 is 0 Å². The Morgan fingerprint density at radius 3 is 2.47 bits per heavy atom. The molecule has 0 bridgehead atoms. The van der Waals surface area contributed by atoms with Crippen LogP contribution in [0.15, 0.2) is 61.6 Å². The second-order valence-electron chi connectivity index (χ2n) is 9.73. The van der Waals surface area contributed by atoms with Crippen molar-refractivity contribution in [2.45, 2.75) is 20.4 Å². The minimum Gasteiger partial charge on any atom is -0.348 e. The maximum Gasteiger partial charge on any atom is 0.251 e. The maximum atomic E-state index is 13.0. The first kappa shape index (κ1) is 25.3. The van der Waals surface area contributed by atoms with Crippen LogP contribution in [0, 0.1) is 6.92 Å². The van der Waals surface area contributed by atoms with Gasteiger partial charge in [0.1, 0.15) is 17.4 Å². The first-order chi connectivity index (χ1) is 18.4. The van der Waals surface area contributed by atoms with E-state index < -0.39 is 0 Å². The summed E-state index contributed by atoms with van der Waals surface area (Å²) < 4.78 is 0. The molecule has 0 radical (unpaired) electrons. The molecule has 2 aromatic carbocycles. The van der Waals surface area contributed by atoms with Crippen molar-refractivity contribution in [1.82, 2.24) is 30.2 Å². The SMILES string of the molecule is C=C(C)c1ccc(CNC(=O)c2ccc(C)c(Nc3ncnc4cnc(N5CCN(C)CC5)nc34)c2)cc1. The number of rotatable bonds is 7. The Labute approximate surface area is 222 Å². The van der Waals surface area contributed by atoms with Crippen LogP contribution in [0.2, 0.25) is 0 Å². The van der Waals surface area contributed by atoms with Crippen LogP contribution in [0.3, 0.4) is 0 Å². The second kappa shape index (κ2) is 10.9. The largest absolute Gasteiger partial charge is 0.348 e. The normalized spacial score (nSPS) is 13.9. The van der Waals surface area contributed by atoms with Gasteiger partial charge in [0.25, 0.3) is 5.91 Å². The molecule has 1 saturated heterocycles. The number of hydrogen-bond donors (Lipinski definition) is 2. The van der Waals surface area contributed by atoms with E-state index >= 15 is 0 Å². The minimum absolute atomic E-state index is 0.149. The van der Waals surface area contributed by atoms with Crippen LogP contribution < -0.4 is 15.5 Å². The summed E-state index contributed by atoms with van der Waals surface area (Å²) in [6.07, 6.45) is 3.23. The highest BCUT2D eigenvalue weighted by atomic mass is 16.1. The number of carbonyl (C=O) groups excluding carboxylic acids is 1. The molecule has 9 heteroatoms. The molecule has 4 aromatic rings. The van der Waals surface area contributed by atoms with Gasteiger partial charge in [-0.15, -0.1) is 0 Å². The van der Waals surface area contributed by atoms with Gasteiger partial charge in [0.15, 0.2) is 5.82 Å². The number of fused-ring (bicyclic) bond motifs is 1. The standard InChI is InChI=1S/C29H32N8O/c1-19(2)22-9-6-21(7-10-22)16-30-28(38)23-8-5-20(3)24(15-23)34-27-26-25(32-18-33-27)17-31-29(35-26)37-13-11-36(4)12-14-37/h5-10,15,17-18H,1,11-14,16H2,2-4H3,(H,30,38)(H,32,33,34). The van der Waals surface area contributed by atoms with Gasteiger partial charge in [0, 0.05) is 44.0 Å². The predicted octanol–water partition coefficient (Wildman–Crippen LogP) is 4.19. The molecule has 1 amide bonds. The van der Waals surface area contributed by atoms with Crippen LogP contribution in [0.25, 0.3) is 16.6 Å². The summed E-state index contributed by atoms with van der Waals surface area (Å²) in [6, 6.07) is 13.6. The van der Waals surface area contributed by atoms with Gasteiger partial charge in [-0.1, -0.05) is 42.5 Å². The number of likely N-dealkylation sites (N-methyl/N-ethyl adjacent to an activating group) is 1. The van der Waals surface area contributed by atoms with Crippen LogP contribution in [-0.4, -0.2) is 64.0 Å². The molecule has 0 unspecified atom stereocenters. The predicted molar refractivity (Wildman–Crippen MR) is 152 cm³/mol. The average Bonchev–Trinajstić information content (AvgIpc) is 2.93. The van der Waals surface area contributed by atoms with E-state index in [1.165, 1.54) is 6.33 Å². The molecule has 1 fully saturated rings. The minimum atomic E-state index is -0.149. The zero-order valence-electron chi connectivity index (χ0n) is 22.0. The highest BCUT2D eigenvalue weighted by Gasteiger charge is 2.18. The first-order valence-electron chi connectivity index (χ1n) is 12.7. The highest BCUT2D eigenvalue weighted by Crippen LogP contribution is 2.26. The van der Waals surface area contributed by atoms with Gasteiger partial charge < -0.3 is 20.4 Å². The fourth-order valence-corrected chi connectivity index (χ4v) is 4.31. The molecular weight excluding hydrogens is 476 g/mol. The van der Waals surface area contributed by atoms with Gasteiger partial charge in [0.2, 0.25) is 5.95 Å². The fourth-order valence-electron chi connectivity index (χ4n) is 4.31. The van der Waals surface area contributed by atoms with Crippen molar-refractivity contribution in [3.63, 3.8) is 0 Å². The molecule has 2 aromatic heterocycles. The molecule has 194 valence electrons. The molecule has 2 N–H and O–H groups in total. The van der Waals surface area contributed by atoms with E-state index in [2.05, 4.69) is 49.0 Å². The molecule has 9 nitrogen and oxygen atoms in total. The van der Waals surface area contributed by atoms with Gasteiger partial charge in [-0.25, -0.2) is 19.9 Å². The lowest BCUT2D eigenvalue weighted by Crippen LogP contribution is -2.45. The molecule has 0 saturated carbocycles. The van der Waals surface area contributed by atoms with Gasteiger partial charge in [-0.2, -0.15) is 0 Å². The van der Waals surface area contributed by atoms with Gasteiger partial charge in [-0.3, -0.25) is 4.79 Å². The molecule has 0 spiro atoms. The van der Waals surface area contributed by atoms with Crippen molar-refractivity contribution in [3.05, 3.63) is 83.8 Å². The van der Waals surface area contributed by atoms with Crippen molar-refractivity contribution in [3.8, 4) is 0 Å². The summed E-state index contributed by atoms with van der Waals surface area (Å²) in [4.78, 5) is 35.6. The highest BCUT2D eigenvalue weighted by molar-refractivity contribution is 5.96. The number of benzene rings is 2. The van der Waals surface area contributed by atoms with E-state index in [9.17, 15) is 4.79 Å². The van der Waals surface area contributed by atoms with E-state index in [4.69, 9.17) is 4.98 Å². The lowest BCUT2D eigenvalue weighted by molar-refractivity contribution is 0.0951. The second-order valence-corrected chi connectivity index (χ2v) is 9.73. The van der Waals surface area contributed by atoms with E-state index in [1.54, 1.807) is 6.20 Å². The van der Waals surface area contributed by atoms with E-state index in [0.29, 0.717) is 34.9 Å². The van der Waals surface area contributed by atoms with Crippen LogP contribution in [0.4, 0.5) is 17.5 Å². The number of aromatic nitrogens is 4. The average molecular weight is 509 g/mol. The number of anilines is 3. The summed E-state index contributed by atoms with van der Waals surface area (Å²) in [5.74, 6) is 1.10. The van der Waals surface area contributed by atoms with Crippen molar-refractivity contribution in [2.24, 2.45) is 0 Å². The van der Waals surface area contributed by atoms with Gasteiger partial charge in [0.05, 0.1) is 6.20 Å². The Bertz CT molecular complexity index is 1480. The number of nitrogens with zero attached hydrogens (tertiary/aromatic N) is 6. The lowest BCUT2D eigenvalue weighted by atomic mass is 10.1. The zero-order valence-corrected chi connectivity index (χ0v) is 22.0. The molecule has 0 aliphatic carbocycles. The van der Waals surface area contributed by atoms with Crippen LogP contribution in [0.5, 0.6) is 0 Å². The zero-order chi connectivity index (χ0) is 26.6. The van der Waals surface area contributed by atoms with E-state index in [1.807, 2.05) is 56.3 Å². The van der Waals surface area contributed by atoms with Crippen LogP contribution in [0.1, 0.15) is 34.0 Å². The number of hydrogen-bond acceptors (Lipinski definition) is 8. The summed E-state index contributed by atoms with van der Waals surface area (Å²) in [6.45, 7) is 12.0. The van der Waals surface area contributed by atoms with Crippen molar-refractivity contribution < 1.29 is 4.79 Å². The molecular formula is C29H32N8O. The quantitative estimate of drug-likeness (QED) is 0.384. The third-order valence-electron chi connectivity index (χ3n) is 6.80. The third-order valence-corrected chi connectivity index (χ3v) is 6.80. The summed E-state index contributed by atoms with van der Waals surface area (Å²) in [5, 5.41) is 6.39. The molecule has 0 atom stereocenters. The van der Waals surface area contributed by atoms with Gasteiger partial charge >= 0.3 is 0 Å². The summed E-state index contributed by atoms with van der Waals surface area (Å²) >= 11 is 0. The van der Waals surface area contributed by atoms with E-state index in [0.717, 1.165) is 54.1 Å². The van der Waals surface area contributed by atoms with Crippen molar-refractivity contribution in [2.75, 3.05) is 43.4 Å². The lowest BCUT2D eigenvalue weighted by Gasteiger charge is -2.32. The Balaban J connectivity index is 1.34. The Morgan fingerprint density at radius 1 is 1.00 bits per heavy atom. The Hall–Kier alpha value is -4.37. The number of nitrogens with one attached hydrogen (secondary N) is 2. The molecule has 1 aliphatic heterocycles. The molecule has 5 rings (SSSR count). The van der Waals surface area contributed by atoms with E-state index in [-0.39, 0.29) is 5.91 Å². The molecule has 38 heavy (non-hydrogen) atoms. The number of amides is 1. The monoisotopic (exact) mass is 508 g/mol. The topological polar surface area (TPSA) is 99.2 Å². The van der Waals surface area contributed by atoms with Crippen LogP contribution in [-0.2, 0) is 6.54 Å². The fraction of sp³-hybridized carbons (Fsp3) is 0.276. The first-order valence-corrected chi connectivity index (χ1v) is 12.7. The molecule has 1 aliphatic rings. The Morgan fingerprint density at radius 2 is 1.74 bits per heavy atom. The summed E-state index contributed by atoms with van der Waals surface area (Å²) in [7, 11) is 2.12. The third kappa shape index (κ3) is 5.63.